The molecule has 1 amide bonds. The average molecular weight is 400 g/mol. The van der Waals surface area contributed by atoms with Crippen molar-refractivity contribution in [1.82, 2.24) is 0 Å². The van der Waals surface area contributed by atoms with Crippen molar-refractivity contribution in [3.05, 3.63) is 89.2 Å². The minimum absolute atomic E-state index is 0.154. The Morgan fingerprint density at radius 1 is 0.964 bits per heavy atom. The number of hydrogen-bond acceptors (Lipinski definition) is 4. The van der Waals surface area contributed by atoms with Gasteiger partial charge in [0, 0.05) is 5.02 Å². The lowest BCUT2D eigenvalue weighted by Crippen LogP contribution is -2.21. The SMILES string of the molecule is O=C(COC(=O)c1ccc(Cl)cc1F)Nc1ccccc1Oc1ccccc1. The van der Waals surface area contributed by atoms with Crippen molar-refractivity contribution in [1.29, 1.82) is 0 Å². The topological polar surface area (TPSA) is 64.6 Å². The maximum atomic E-state index is 13.7. The van der Waals surface area contributed by atoms with Crippen molar-refractivity contribution >= 4 is 29.2 Å². The number of para-hydroxylation sites is 3. The van der Waals surface area contributed by atoms with Crippen LogP contribution in [0.5, 0.6) is 11.5 Å². The van der Waals surface area contributed by atoms with E-state index < -0.39 is 24.3 Å². The fourth-order valence-corrected chi connectivity index (χ4v) is 2.48. The number of hydrogen-bond donors (Lipinski definition) is 1. The third kappa shape index (κ3) is 5.08. The molecule has 0 aliphatic rings. The standard InChI is InChI=1S/C21H15ClFNO4/c22-14-10-11-16(17(23)12-14)21(26)27-13-20(25)24-18-8-4-5-9-19(18)28-15-6-2-1-3-7-15/h1-12H,13H2,(H,24,25). The van der Waals surface area contributed by atoms with Crippen LogP contribution in [0.1, 0.15) is 10.4 Å². The summed E-state index contributed by atoms with van der Waals surface area (Å²) in [6.45, 7) is -0.583. The first kappa shape index (κ1) is 19.4. The van der Waals surface area contributed by atoms with E-state index in [-0.39, 0.29) is 10.6 Å². The largest absolute Gasteiger partial charge is 0.455 e. The first-order valence-electron chi connectivity index (χ1n) is 8.27. The van der Waals surface area contributed by atoms with Crippen LogP contribution in [0.2, 0.25) is 5.02 Å². The lowest BCUT2D eigenvalue weighted by atomic mass is 10.2. The van der Waals surface area contributed by atoms with Crippen molar-refractivity contribution in [2.75, 3.05) is 11.9 Å². The summed E-state index contributed by atoms with van der Waals surface area (Å²) in [7, 11) is 0. The lowest BCUT2D eigenvalue weighted by molar-refractivity contribution is -0.119. The third-order valence-corrected chi connectivity index (χ3v) is 3.85. The summed E-state index contributed by atoms with van der Waals surface area (Å²) in [6, 6.07) is 19.4. The van der Waals surface area contributed by atoms with E-state index in [1.807, 2.05) is 18.2 Å². The van der Waals surface area contributed by atoms with Gasteiger partial charge in [-0.1, -0.05) is 41.9 Å². The van der Waals surface area contributed by atoms with Crippen LogP contribution in [-0.2, 0) is 9.53 Å². The van der Waals surface area contributed by atoms with E-state index in [0.717, 1.165) is 6.07 Å². The fraction of sp³-hybridized carbons (Fsp3) is 0.0476. The zero-order valence-corrected chi connectivity index (χ0v) is 15.3. The molecule has 0 aliphatic carbocycles. The molecule has 0 spiro atoms. The van der Waals surface area contributed by atoms with Crippen LogP contribution in [0, 0.1) is 5.82 Å². The maximum absolute atomic E-state index is 13.7. The van der Waals surface area contributed by atoms with Gasteiger partial charge in [0.25, 0.3) is 5.91 Å². The highest BCUT2D eigenvalue weighted by molar-refractivity contribution is 6.30. The highest BCUT2D eigenvalue weighted by Crippen LogP contribution is 2.29. The number of halogens is 2. The Labute approximate surface area is 165 Å². The Hall–Kier alpha value is -3.38. The fourth-order valence-electron chi connectivity index (χ4n) is 2.32. The van der Waals surface area contributed by atoms with Crippen molar-refractivity contribution in [3.63, 3.8) is 0 Å². The molecule has 142 valence electrons. The number of ether oxygens (including phenoxy) is 2. The predicted octanol–water partition coefficient (Wildman–Crippen LogP) is 5.07. The average Bonchev–Trinajstić information content (AvgIpc) is 2.68. The summed E-state index contributed by atoms with van der Waals surface area (Å²) in [5, 5.41) is 2.76. The summed E-state index contributed by atoms with van der Waals surface area (Å²) in [5.74, 6) is -1.34. The summed E-state index contributed by atoms with van der Waals surface area (Å²) >= 11 is 5.64. The predicted molar refractivity (Wildman–Crippen MR) is 103 cm³/mol. The van der Waals surface area contributed by atoms with Crippen molar-refractivity contribution < 1.29 is 23.5 Å². The summed E-state index contributed by atoms with van der Waals surface area (Å²) in [5.41, 5.74) is 0.107. The number of carbonyl (C=O) groups excluding carboxylic acids is 2. The second-order valence-corrected chi connectivity index (χ2v) is 6.10. The molecule has 0 fully saturated rings. The first-order chi connectivity index (χ1) is 13.5. The third-order valence-electron chi connectivity index (χ3n) is 3.62. The number of benzene rings is 3. The second-order valence-electron chi connectivity index (χ2n) is 5.66. The van der Waals surface area contributed by atoms with Crippen molar-refractivity contribution in [2.24, 2.45) is 0 Å². The van der Waals surface area contributed by atoms with E-state index in [9.17, 15) is 14.0 Å². The van der Waals surface area contributed by atoms with Gasteiger partial charge in [0.05, 0.1) is 11.3 Å². The van der Waals surface area contributed by atoms with Gasteiger partial charge in [-0.05, 0) is 42.5 Å². The molecular weight excluding hydrogens is 385 g/mol. The summed E-state index contributed by atoms with van der Waals surface area (Å²) in [6.07, 6.45) is 0. The first-order valence-corrected chi connectivity index (χ1v) is 8.64. The molecule has 5 nitrogen and oxygen atoms in total. The number of anilines is 1. The molecule has 0 aliphatic heterocycles. The van der Waals surface area contributed by atoms with E-state index in [4.69, 9.17) is 21.1 Å². The number of amides is 1. The van der Waals surface area contributed by atoms with Gasteiger partial charge in [0.15, 0.2) is 12.4 Å². The lowest BCUT2D eigenvalue weighted by Gasteiger charge is -2.12. The molecule has 1 N–H and O–H groups in total. The monoisotopic (exact) mass is 399 g/mol. The minimum Gasteiger partial charge on any atom is -0.455 e. The van der Waals surface area contributed by atoms with Crippen LogP contribution in [0.3, 0.4) is 0 Å². The van der Waals surface area contributed by atoms with E-state index in [1.54, 1.807) is 36.4 Å². The molecule has 28 heavy (non-hydrogen) atoms. The van der Waals surface area contributed by atoms with Gasteiger partial charge in [-0.2, -0.15) is 0 Å². The zero-order chi connectivity index (χ0) is 19.9. The van der Waals surface area contributed by atoms with E-state index in [2.05, 4.69) is 5.32 Å². The summed E-state index contributed by atoms with van der Waals surface area (Å²) < 4.78 is 24.3. The van der Waals surface area contributed by atoms with Crippen LogP contribution < -0.4 is 10.1 Å². The van der Waals surface area contributed by atoms with Crippen molar-refractivity contribution in [3.8, 4) is 11.5 Å². The number of carbonyl (C=O) groups is 2. The van der Waals surface area contributed by atoms with Crippen molar-refractivity contribution in [2.45, 2.75) is 0 Å². The Balaban J connectivity index is 1.61. The maximum Gasteiger partial charge on any atom is 0.341 e. The molecule has 0 radical (unpaired) electrons. The van der Waals surface area contributed by atoms with Gasteiger partial charge in [-0.15, -0.1) is 0 Å². The Morgan fingerprint density at radius 3 is 2.43 bits per heavy atom. The molecule has 0 saturated carbocycles. The molecule has 3 aromatic carbocycles. The zero-order valence-electron chi connectivity index (χ0n) is 14.5. The van der Waals surface area contributed by atoms with Gasteiger partial charge < -0.3 is 14.8 Å². The highest BCUT2D eigenvalue weighted by atomic mass is 35.5. The molecule has 0 aromatic heterocycles. The molecule has 7 heteroatoms. The molecule has 0 bridgehead atoms. The highest BCUT2D eigenvalue weighted by Gasteiger charge is 2.16. The van der Waals surface area contributed by atoms with Gasteiger partial charge in [-0.25, -0.2) is 9.18 Å². The smallest absolute Gasteiger partial charge is 0.341 e. The number of rotatable bonds is 6. The van der Waals surface area contributed by atoms with Gasteiger partial charge in [-0.3, -0.25) is 4.79 Å². The molecular formula is C21H15ClFNO4. The number of nitrogens with one attached hydrogen (secondary N) is 1. The summed E-state index contributed by atoms with van der Waals surface area (Å²) in [4.78, 5) is 24.1. The molecule has 0 unspecified atom stereocenters. The van der Waals surface area contributed by atoms with E-state index in [1.165, 1.54) is 12.1 Å². The van der Waals surface area contributed by atoms with Crippen LogP contribution in [0.25, 0.3) is 0 Å². The number of esters is 1. The Bertz CT molecular complexity index is 995. The normalized spacial score (nSPS) is 10.2. The van der Waals surface area contributed by atoms with Crippen LogP contribution >= 0.6 is 11.6 Å². The van der Waals surface area contributed by atoms with Crippen LogP contribution in [0.15, 0.2) is 72.8 Å². The van der Waals surface area contributed by atoms with Gasteiger partial charge in [0.1, 0.15) is 11.6 Å². The van der Waals surface area contributed by atoms with E-state index >= 15 is 0 Å². The quantitative estimate of drug-likeness (QED) is 0.588. The van der Waals surface area contributed by atoms with Crippen LogP contribution in [0.4, 0.5) is 10.1 Å². The molecule has 3 aromatic rings. The Kier molecular flexibility index (Phi) is 6.24. The molecule has 0 atom stereocenters. The van der Waals surface area contributed by atoms with Gasteiger partial charge in [0.2, 0.25) is 0 Å². The second kappa shape index (κ2) is 9.01. The molecule has 0 saturated heterocycles. The molecule has 3 rings (SSSR count). The molecule has 0 heterocycles. The Morgan fingerprint density at radius 2 is 1.68 bits per heavy atom. The van der Waals surface area contributed by atoms with Gasteiger partial charge >= 0.3 is 5.97 Å². The van der Waals surface area contributed by atoms with E-state index in [0.29, 0.717) is 17.2 Å². The minimum atomic E-state index is -0.960. The van der Waals surface area contributed by atoms with Crippen LogP contribution in [-0.4, -0.2) is 18.5 Å².